The Morgan fingerprint density at radius 2 is 1.39 bits per heavy atom. The lowest BCUT2D eigenvalue weighted by Crippen LogP contribution is -2.44. The molecule has 1 aliphatic carbocycles. The van der Waals surface area contributed by atoms with Crippen molar-refractivity contribution in [3.63, 3.8) is 0 Å². The zero-order valence-corrected chi connectivity index (χ0v) is 19.8. The van der Waals surface area contributed by atoms with Crippen molar-refractivity contribution < 1.29 is 4.57 Å². The summed E-state index contributed by atoms with van der Waals surface area (Å²) in [7, 11) is 2.17. The molecular weight excluding hydrogens is 374 g/mol. The van der Waals surface area contributed by atoms with Crippen LogP contribution in [0.4, 0.5) is 0 Å². The average Bonchev–Trinajstić information content (AvgIpc) is 2.72. The van der Waals surface area contributed by atoms with Gasteiger partial charge in [-0.2, -0.15) is 0 Å². The number of nitrogens with zero attached hydrogens (tertiary/aromatic N) is 1. The van der Waals surface area contributed by atoms with Crippen LogP contribution in [0.2, 0.25) is 0 Å². The summed E-state index contributed by atoms with van der Waals surface area (Å²) in [6, 6.07) is 22.8. The standard InChI is InChI=1S/C30H32N/c1-19-12-15-26(31(7)18-19)27-20(2)13-14-23-24-16-21-10-8-9-11-22(21)17-25(24)29(3,4)30(5,6)28(23)27/h8-18H,1-7H3/q+1. The van der Waals surface area contributed by atoms with Gasteiger partial charge in [0.05, 0.1) is 5.56 Å². The fourth-order valence-corrected chi connectivity index (χ4v) is 5.55. The van der Waals surface area contributed by atoms with Crippen LogP contribution in [0.3, 0.4) is 0 Å². The lowest BCUT2D eigenvalue weighted by Gasteiger charge is -2.49. The minimum atomic E-state index is -0.0307. The van der Waals surface area contributed by atoms with E-state index < -0.39 is 0 Å². The van der Waals surface area contributed by atoms with Gasteiger partial charge in [0.1, 0.15) is 7.05 Å². The second kappa shape index (κ2) is 6.53. The van der Waals surface area contributed by atoms with E-state index in [2.05, 4.69) is 120 Å². The molecule has 3 aromatic carbocycles. The number of hydrogen-bond acceptors (Lipinski definition) is 0. The van der Waals surface area contributed by atoms with E-state index >= 15 is 0 Å². The average molecular weight is 407 g/mol. The quantitative estimate of drug-likeness (QED) is 0.295. The lowest BCUT2D eigenvalue weighted by atomic mass is 9.54. The molecule has 0 unspecified atom stereocenters. The third-order valence-corrected chi connectivity index (χ3v) is 7.99. The number of aryl methyl sites for hydroxylation is 3. The molecule has 0 atom stereocenters. The second-order valence-electron chi connectivity index (χ2n) is 10.4. The van der Waals surface area contributed by atoms with Crippen LogP contribution in [0.15, 0.2) is 66.9 Å². The first kappa shape index (κ1) is 20.0. The van der Waals surface area contributed by atoms with Crippen LogP contribution in [-0.4, -0.2) is 0 Å². The molecule has 0 saturated carbocycles. The predicted octanol–water partition coefficient (Wildman–Crippen LogP) is 7.18. The molecule has 0 N–H and O–H groups in total. The molecule has 1 aliphatic rings. The summed E-state index contributed by atoms with van der Waals surface area (Å²) >= 11 is 0. The molecule has 31 heavy (non-hydrogen) atoms. The maximum absolute atomic E-state index is 2.43. The van der Waals surface area contributed by atoms with Crippen LogP contribution in [0.5, 0.6) is 0 Å². The molecule has 0 radical (unpaired) electrons. The Kier molecular flexibility index (Phi) is 4.21. The minimum Gasteiger partial charge on any atom is -0.201 e. The van der Waals surface area contributed by atoms with Gasteiger partial charge in [-0.1, -0.05) is 64.1 Å². The highest BCUT2D eigenvalue weighted by Gasteiger charge is 2.48. The van der Waals surface area contributed by atoms with Crippen LogP contribution >= 0.6 is 0 Å². The molecule has 0 saturated heterocycles. The molecule has 1 heterocycles. The number of aromatic nitrogens is 1. The van der Waals surface area contributed by atoms with E-state index in [1.165, 1.54) is 55.4 Å². The number of benzene rings is 3. The van der Waals surface area contributed by atoms with Crippen molar-refractivity contribution in [1.29, 1.82) is 0 Å². The fourth-order valence-electron chi connectivity index (χ4n) is 5.55. The Bertz CT molecular complexity index is 1350. The van der Waals surface area contributed by atoms with Crippen LogP contribution in [0.1, 0.15) is 49.9 Å². The lowest BCUT2D eigenvalue weighted by molar-refractivity contribution is -0.660. The molecule has 0 bridgehead atoms. The molecule has 0 aliphatic heterocycles. The molecule has 0 amide bonds. The molecule has 1 heteroatoms. The third-order valence-electron chi connectivity index (χ3n) is 7.99. The van der Waals surface area contributed by atoms with Crippen LogP contribution in [0.25, 0.3) is 33.2 Å². The molecule has 5 rings (SSSR count). The van der Waals surface area contributed by atoms with Gasteiger partial charge in [0.15, 0.2) is 6.20 Å². The number of pyridine rings is 1. The van der Waals surface area contributed by atoms with Crippen molar-refractivity contribution in [3.8, 4) is 22.4 Å². The summed E-state index contributed by atoms with van der Waals surface area (Å²) in [6.45, 7) is 14.1. The highest BCUT2D eigenvalue weighted by atomic mass is 14.9. The summed E-state index contributed by atoms with van der Waals surface area (Å²) in [4.78, 5) is 0. The van der Waals surface area contributed by atoms with Crippen LogP contribution < -0.4 is 4.57 Å². The van der Waals surface area contributed by atoms with Gasteiger partial charge in [-0.25, -0.2) is 4.57 Å². The summed E-state index contributed by atoms with van der Waals surface area (Å²) in [5.74, 6) is 0. The third kappa shape index (κ3) is 2.72. The Labute approximate surface area is 186 Å². The van der Waals surface area contributed by atoms with Gasteiger partial charge in [0.25, 0.3) is 0 Å². The maximum atomic E-state index is 2.43. The Hall–Kier alpha value is -2.93. The SMILES string of the molecule is Cc1ccc(-c2c(C)ccc3c2C(C)(C)C(C)(C)c2cc4ccccc4cc2-3)[n+](C)c1. The van der Waals surface area contributed by atoms with Crippen molar-refractivity contribution in [2.24, 2.45) is 7.05 Å². The number of rotatable bonds is 1. The van der Waals surface area contributed by atoms with E-state index in [1.54, 1.807) is 0 Å². The van der Waals surface area contributed by atoms with Crippen molar-refractivity contribution in [2.75, 3.05) is 0 Å². The van der Waals surface area contributed by atoms with E-state index in [-0.39, 0.29) is 10.8 Å². The fraction of sp³-hybridized carbons (Fsp3) is 0.300. The molecule has 156 valence electrons. The summed E-state index contributed by atoms with van der Waals surface area (Å²) < 4.78 is 2.29. The van der Waals surface area contributed by atoms with Gasteiger partial charge in [-0.3, -0.25) is 0 Å². The first-order chi connectivity index (χ1) is 14.6. The van der Waals surface area contributed by atoms with Gasteiger partial charge >= 0.3 is 0 Å². The van der Waals surface area contributed by atoms with E-state index in [0.717, 1.165) is 0 Å². The highest BCUT2D eigenvalue weighted by molar-refractivity contribution is 5.94. The summed E-state index contributed by atoms with van der Waals surface area (Å²) in [6.07, 6.45) is 2.23. The first-order valence-electron chi connectivity index (χ1n) is 11.3. The van der Waals surface area contributed by atoms with Crippen LogP contribution in [0, 0.1) is 13.8 Å². The summed E-state index contributed by atoms with van der Waals surface area (Å²) in [5, 5.41) is 2.64. The monoisotopic (exact) mass is 406 g/mol. The molecule has 0 spiro atoms. The predicted molar refractivity (Wildman–Crippen MR) is 132 cm³/mol. The number of fused-ring (bicyclic) bond motifs is 4. The zero-order valence-electron chi connectivity index (χ0n) is 19.8. The highest BCUT2D eigenvalue weighted by Crippen LogP contribution is 2.57. The van der Waals surface area contributed by atoms with Gasteiger partial charge < -0.3 is 0 Å². The smallest absolute Gasteiger partial charge is 0.201 e. The summed E-state index contributed by atoms with van der Waals surface area (Å²) in [5.41, 5.74) is 10.9. The van der Waals surface area contributed by atoms with Gasteiger partial charge in [0, 0.05) is 17.0 Å². The van der Waals surface area contributed by atoms with E-state index in [0.29, 0.717) is 0 Å². The van der Waals surface area contributed by atoms with Crippen molar-refractivity contribution in [3.05, 3.63) is 89.1 Å². The van der Waals surface area contributed by atoms with E-state index in [4.69, 9.17) is 0 Å². The van der Waals surface area contributed by atoms with E-state index in [9.17, 15) is 0 Å². The molecule has 4 aromatic rings. The Balaban J connectivity index is 1.93. The molecular formula is C30H32N+. The first-order valence-corrected chi connectivity index (χ1v) is 11.3. The maximum Gasteiger partial charge on any atom is 0.212 e. The normalized spacial score (nSPS) is 16.1. The molecule has 1 aromatic heterocycles. The minimum absolute atomic E-state index is 0.00875. The Morgan fingerprint density at radius 1 is 0.710 bits per heavy atom. The second-order valence-corrected chi connectivity index (χ2v) is 10.4. The zero-order chi connectivity index (χ0) is 22.1. The van der Waals surface area contributed by atoms with Gasteiger partial charge in [-0.05, 0) is 76.1 Å². The van der Waals surface area contributed by atoms with Crippen molar-refractivity contribution in [2.45, 2.75) is 52.4 Å². The van der Waals surface area contributed by atoms with Gasteiger partial charge in [0.2, 0.25) is 5.69 Å². The molecule has 0 fully saturated rings. The van der Waals surface area contributed by atoms with E-state index in [1.807, 2.05) is 0 Å². The van der Waals surface area contributed by atoms with Crippen LogP contribution in [-0.2, 0) is 17.9 Å². The largest absolute Gasteiger partial charge is 0.212 e. The van der Waals surface area contributed by atoms with Crippen molar-refractivity contribution in [1.82, 2.24) is 0 Å². The van der Waals surface area contributed by atoms with Crippen molar-refractivity contribution >= 4 is 10.8 Å². The van der Waals surface area contributed by atoms with Gasteiger partial charge in [-0.15, -0.1) is 0 Å². The Morgan fingerprint density at radius 3 is 2.06 bits per heavy atom. The topological polar surface area (TPSA) is 3.88 Å². The number of hydrogen-bond donors (Lipinski definition) is 0. The molecule has 1 nitrogen and oxygen atoms in total.